The predicted molar refractivity (Wildman–Crippen MR) is 91.3 cm³/mol. The van der Waals surface area contributed by atoms with Crippen LogP contribution in [-0.4, -0.2) is 20.6 Å². The lowest BCUT2D eigenvalue weighted by Gasteiger charge is -2.06. The molecule has 22 heavy (non-hydrogen) atoms. The van der Waals surface area contributed by atoms with Gasteiger partial charge in [-0.05, 0) is 29.8 Å². The van der Waals surface area contributed by atoms with Gasteiger partial charge in [-0.3, -0.25) is 4.79 Å². The van der Waals surface area contributed by atoms with Crippen molar-refractivity contribution in [3.8, 4) is 5.75 Å². The molecule has 0 saturated heterocycles. The highest BCUT2D eigenvalue weighted by atomic mass is 35.5. The molecule has 2 aromatic carbocycles. The number of ether oxygens (including phenoxy) is 1. The van der Waals surface area contributed by atoms with Gasteiger partial charge < -0.3 is 21.1 Å². The summed E-state index contributed by atoms with van der Waals surface area (Å²) in [4.78, 5) is 9.92. The van der Waals surface area contributed by atoms with Crippen LogP contribution in [0.15, 0.2) is 42.5 Å². The molecule has 0 aromatic heterocycles. The highest BCUT2D eigenvalue weighted by Crippen LogP contribution is 2.23. The number of rotatable bonds is 5. The minimum atomic E-state index is 0.532. The zero-order valence-electron chi connectivity index (χ0n) is 12.6. The first-order valence-corrected chi connectivity index (χ1v) is 7.01. The second-order valence-electron chi connectivity index (χ2n) is 4.33. The predicted octanol–water partition coefficient (Wildman–Crippen LogP) is 2.91. The molecule has 0 atom stereocenters. The monoisotopic (exact) mass is 321 g/mol. The molecule has 2 aromatic rings. The van der Waals surface area contributed by atoms with E-state index in [0.29, 0.717) is 18.0 Å². The average Bonchev–Trinajstić information content (AvgIpc) is 2.54. The fourth-order valence-electron chi connectivity index (χ4n) is 1.69. The van der Waals surface area contributed by atoms with Crippen molar-refractivity contribution in [3.63, 3.8) is 0 Å². The van der Waals surface area contributed by atoms with Crippen LogP contribution in [0.2, 0.25) is 5.02 Å². The number of benzene rings is 2. The van der Waals surface area contributed by atoms with Crippen molar-refractivity contribution in [2.75, 3.05) is 25.2 Å². The van der Waals surface area contributed by atoms with Gasteiger partial charge in [0, 0.05) is 24.7 Å². The molecule has 0 spiro atoms. The topological polar surface area (TPSA) is 76.4 Å². The molecule has 0 aliphatic rings. The fourth-order valence-corrected chi connectivity index (χ4v) is 1.90. The number of carbonyl (C=O) groups is 1. The first kappa shape index (κ1) is 17.7. The molecule has 5 nitrogen and oxygen atoms in total. The molecule has 6 heteroatoms. The molecular formula is C16H20ClN3O2. The largest absolute Gasteiger partial charge is 0.497 e. The van der Waals surface area contributed by atoms with Gasteiger partial charge in [0.1, 0.15) is 5.75 Å². The summed E-state index contributed by atoms with van der Waals surface area (Å²) >= 11 is 5.71. The SMILES string of the molecule is CNc1cc(OC)ccc1N.O=CNCc1cccc(Cl)c1. The summed E-state index contributed by atoms with van der Waals surface area (Å²) < 4.78 is 5.02. The molecular weight excluding hydrogens is 302 g/mol. The molecule has 0 bridgehead atoms. The Kier molecular flexibility index (Phi) is 7.64. The molecule has 4 N–H and O–H groups in total. The molecule has 0 heterocycles. The zero-order chi connectivity index (χ0) is 16.4. The molecule has 0 unspecified atom stereocenters. The quantitative estimate of drug-likeness (QED) is 0.584. The lowest BCUT2D eigenvalue weighted by atomic mass is 10.2. The Balaban J connectivity index is 0.000000220. The molecule has 0 aliphatic heterocycles. The van der Waals surface area contributed by atoms with Crippen LogP contribution in [-0.2, 0) is 11.3 Å². The molecule has 0 saturated carbocycles. The van der Waals surface area contributed by atoms with Crippen molar-refractivity contribution < 1.29 is 9.53 Å². The number of hydrogen-bond donors (Lipinski definition) is 3. The molecule has 1 amide bonds. The van der Waals surface area contributed by atoms with E-state index in [-0.39, 0.29) is 0 Å². The van der Waals surface area contributed by atoms with Gasteiger partial charge in [0.15, 0.2) is 0 Å². The summed E-state index contributed by atoms with van der Waals surface area (Å²) in [5.41, 5.74) is 8.26. The van der Waals surface area contributed by atoms with E-state index in [1.807, 2.05) is 43.4 Å². The van der Waals surface area contributed by atoms with Crippen LogP contribution in [0.5, 0.6) is 5.75 Å². The second kappa shape index (κ2) is 9.52. The number of hydrogen-bond acceptors (Lipinski definition) is 4. The van der Waals surface area contributed by atoms with Crippen LogP contribution in [0.25, 0.3) is 0 Å². The molecule has 2 rings (SSSR count). The van der Waals surface area contributed by atoms with E-state index in [2.05, 4.69) is 10.6 Å². The third-order valence-electron chi connectivity index (χ3n) is 2.81. The van der Waals surface area contributed by atoms with E-state index in [1.165, 1.54) is 0 Å². The Morgan fingerprint density at radius 3 is 2.64 bits per heavy atom. The second-order valence-corrected chi connectivity index (χ2v) is 4.77. The minimum absolute atomic E-state index is 0.532. The normalized spacial score (nSPS) is 9.23. The van der Waals surface area contributed by atoms with Crippen molar-refractivity contribution in [2.24, 2.45) is 0 Å². The van der Waals surface area contributed by atoms with Gasteiger partial charge in [-0.2, -0.15) is 0 Å². The molecule has 0 radical (unpaired) electrons. The van der Waals surface area contributed by atoms with E-state index in [4.69, 9.17) is 22.1 Å². The van der Waals surface area contributed by atoms with Crippen LogP contribution < -0.4 is 21.1 Å². The first-order valence-electron chi connectivity index (χ1n) is 6.63. The van der Waals surface area contributed by atoms with Gasteiger partial charge in [0.05, 0.1) is 18.5 Å². The number of anilines is 2. The lowest BCUT2D eigenvalue weighted by molar-refractivity contribution is -0.109. The summed E-state index contributed by atoms with van der Waals surface area (Å²) in [7, 11) is 3.45. The van der Waals surface area contributed by atoms with Gasteiger partial charge in [-0.25, -0.2) is 0 Å². The van der Waals surface area contributed by atoms with Crippen molar-refractivity contribution in [3.05, 3.63) is 53.1 Å². The maximum Gasteiger partial charge on any atom is 0.207 e. The van der Waals surface area contributed by atoms with E-state index in [1.54, 1.807) is 13.2 Å². The Morgan fingerprint density at radius 1 is 1.27 bits per heavy atom. The number of nitrogens with two attached hydrogens (primary N) is 1. The summed E-state index contributed by atoms with van der Waals surface area (Å²) in [6.45, 7) is 0.532. The van der Waals surface area contributed by atoms with Crippen LogP contribution in [0, 0.1) is 0 Å². The van der Waals surface area contributed by atoms with Gasteiger partial charge in [0.25, 0.3) is 0 Å². The summed E-state index contributed by atoms with van der Waals surface area (Å²) in [6, 6.07) is 12.9. The Labute approximate surface area is 135 Å². The Bertz CT molecular complexity index is 606. The van der Waals surface area contributed by atoms with E-state index in [9.17, 15) is 4.79 Å². The highest BCUT2D eigenvalue weighted by Gasteiger charge is 1.97. The minimum Gasteiger partial charge on any atom is -0.497 e. The smallest absolute Gasteiger partial charge is 0.207 e. The van der Waals surface area contributed by atoms with Gasteiger partial charge in [-0.15, -0.1) is 0 Å². The third kappa shape index (κ3) is 5.93. The van der Waals surface area contributed by atoms with Gasteiger partial charge in [0.2, 0.25) is 6.41 Å². The first-order chi connectivity index (χ1) is 10.6. The number of nitrogens with one attached hydrogen (secondary N) is 2. The summed E-state index contributed by atoms with van der Waals surface area (Å²) in [5, 5.41) is 6.21. The van der Waals surface area contributed by atoms with E-state index in [0.717, 1.165) is 22.7 Å². The summed E-state index contributed by atoms with van der Waals surface area (Å²) in [6.07, 6.45) is 0.668. The number of halogens is 1. The van der Waals surface area contributed by atoms with Crippen molar-refractivity contribution in [1.82, 2.24) is 5.32 Å². The molecule has 0 aliphatic carbocycles. The maximum atomic E-state index is 9.92. The highest BCUT2D eigenvalue weighted by molar-refractivity contribution is 6.30. The fraction of sp³-hybridized carbons (Fsp3) is 0.188. The Hall–Kier alpha value is -2.40. The van der Waals surface area contributed by atoms with Crippen LogP contribution >= 0.6 is 11.6 Å². The maximum absolute atomic E-state index is 9.92. The van der Waals surface area contributed by atoms with Crippen molar-refractivity contribution in [1.29, 1.82) is 0 Å². The number of nitrogen functional groups attached to an aromatic ring is 1. The average molecular weight is 322 g/mol. The van der Waals surface area contributed by atoms with Gasteiger partial charge in [-0.1, -0.05) is 23.7 Å². The van der Waals surface area contributed by atoms with Crippen molar-refractivity contribution in [2.45, 2.75) is 6.54 Å². The molecule has 118 valence electrons. The standard InChI is InChI=1S/C8H8ClNO.C8H12N2O/c9-8-3-1-2-7(4-8)5-10-6-11;1-10-8-5-6(11-2)3-4-7(8)9/h1-4,6H,5H2,(H,10,11);3-5,10H,9H2,1-2H3. The summed E-state index contributed by atoms with van der Waals surface area (Å²) in [5.74, 6) is 0.809. The Morgan fingerprint density at radius 2 is 2.05 bits per heavy atom. The van der Waals surface area contributed by atoms with Crippen LogP contribution in [0.1, 0.15) is 5.56 Å². The van der Waals surface area contributed by atoms with Crippen LogP contribution in [0.3, 0.4) is 0 Å². The number of methoxy groups -OCH3 is 1. The lowest BCUT2D eigenvalue weighted by Crippen LogP contribution is -2.09. The third-order valence-corrected chi connectivity index (χ3v) is 3.04. The van der Waals surface area contributed by atoms with Gasteiger partial charge >= 0.3 is 0 Å². The van der Waals surface area contributed by atoms with Crippen LogP contribution in [0.4, 0.5) is 11.4 Å². The number of amides is 1. The number of carbonyl (C=O) groups excluding carboxylic acids is 1. The zero-order valence-corrected chi connectivity index (χ0v) is 13.4. The van der Waals surface area contributed by atoms with E-state index < -0.39 is 0 Å². The van der Waals surface area contributed by atoms with Crippen molar-refractivity contribution >= 4 is 29.4 Å². The van der Waals surface area contributed by atoms with E-state index >= 15 is 0 Å². The molecule has 0 fully saturated rings.